The van der Waals surface area contributed by atoms with E-state index in [0.29, 0.717) is 32.8 Å². The van der Waals surface area contributed by atoms with E-state index in [2.05, 4.69) is 10.3 Å². The van der Waals surface area contributed by atoms with E-state index in [-0.39, 0.29) is 17.4 Å². The second kappa shape index (κ2) is 7.32. The van der Waals surface area contributed by atoms with Crippen molar-refractivity contribution in [2.24, 2.45) is 7.05 Å². The van der Waals surface area contributed by atoms with Gasteiger partial charge in [-0.1, -0.05) is 12.1 Å². The second-order valence-electron chi connectivity index (χ2n) is 6.48. The van der Waals surface area contributed by atoms with E-state index in [4.69, 9.17) is 0 Å². The number of rotatable bonds is 4. The Bertz CT molecular complexity index is 1080. The molecule has 0 saturated carbocycles. The van der Waals surface area contributed by atoms with Crippen LogP contribution in [0.4, 0.5) is 0 Å². The molecule has 27 heavy (non-hydrogen) atoms. The molecule has 0 spiro atoms. The molecule has 7 nitrogen and oxygen atoms in total. The lowest BCUT2D eigenvalue weighted by atomic mass is 10.1. The Hall–Kier alpha value is -3.00. The number of carbonyl (C=O) groups is 2. The zero-order valence-electron chi connectivity index (χ0n) is 15.6. The van der Waals surface area contributed by atoms with Crippen molar-refractivity contribution < 1.29 is 9.59 Å². The van der Waals surface area contributed by atoms with Crippen LogP contribution in [-0.4, -0.2) is 40.4 Å². The summed E-state index contributed by atoms with van der Waals surface area (Å²) in [6.45, 7) is 2.09. The Balaban J connectivity index is 1.76. The van der Waals surface area contributed by atoms with Gasteiger partial charge in [-0.25, -0.2) is 4.98 Å². The van der Waals surface area contributed by atoms with E-state index in [9.17, 15) is 14.4 Å². The van der Waals surface area contributed by atoms with Gasteiger partial charge in [-0.15, -0.1) is 11.3 Å². The zero-order chi connectivity index (χ0) is 19.7. The number of fused-ring (bicyclic) bond motifs is 1. The van der Waals surface area contributed by atoms with Crippen LogP contribution in [0.15, 0.2) is 35.4 Å². The smallest absolute Gasteiger partial charge is 0.262 e. The number of thiophene rings is 1. The molecule has 0 aliphatic rings. The number of nitrogens with one attached hydrogen (secondary N) is 1. The molecule has 0 aliphatic carbocycles. The quantitative estimate of drug-likeness (QED) is 0.745. The third-order valence-corrected chi connectivity index (χ3v) is 5.48. The van der Waals surface area contributed by atoms with Gasteiger partial charge in [0.2, 0.25) is 0 Å². The highest BCUT2D eigenvalue weighted by Crippen LogP contribution is 2.26. The minimum Gasteiger partial charge on any atom is -0.347 e. The molecule has 2 amide bonds. The van der Waals surface area contributed by atoms with Gasteiger partial charge in [-0.05, 0) is 30.2 Å². The molecule has 1 N–H and O–H groups in total. The van der Waals surface area contributed by atoms with Crippen LogP contribution in [-0.2, 0) is 13.6 Å². The molecule has 2 heterocycles. The van der Waals surface area contributed by atoms with Crippen molar-refractivity contribution in [1.82, 2.24) is 19.8 Å². The highest BCUT2D eigenvalue weighted by molar-refractivity contribution is 7.20. The first-order valence-electron chi connectivity index (χ1n) is 8.33. The lowest BCUT2D eigenvalue weighted by Crippen LogP contribution is -2.23. The summed E-state index contributed by atoms with van der Waals surface area (Å²) in [5, 5.41) is 3.35. The lowest BCUT2D eigenvalue weighted by molar-refractivity contribution is 0.0827. The van der Waals surface area contributed by atoms with Gasteiger partial charge in [-0.2, -0.15) is 0 Å². The number of aryl methyl sites for hydroxylation is 2. The van der Waals surface area contributed by atoms with Crippen molar-refractivity contribution in [1.29, 1.82) is 0 Å². The molecule has 140 valence electrons. The molecule has 0 saturated heterocycles. The summed E-state index contributed by atoms with van der Waals surface area (Å²) in [4.78, 5) is 43.5. The van der Waals surface area contributed by atoms with E-state index in [1.54, 1.807) is 40.2 Å². The Morgan fingerprint density at radius 3 is 2.52 bits per heavy atom. The molecule has 0 atom stereocenters. The van der Waals surface area contributed by atoms with Gasteiger partial charge >= 0.3 is 0 Å². The molecule has 0 aliphatic heterocycles. The maximum atomic E-state index is 12.6. The molecule has 0 fully saturated rings. The topological polar surface area (TPSA) is 84.3 Å². The van der Waals surface area contributed by atoms with Crippen molar-refractivity contribution in [2.45, 2.75) is 13.5 Å². The maximum Gasteiger partial charge on any atom is 0.262 e. The van der Waals surface area contributed by atoms with Gasteiger partial charge in [0.1, 0.15) is 4.83 Å². The predicted molar refractivity (Wildman–Crippen MR) is 105 cm³/mol. The minimum atomic E-state index is -0.244. The van der Waals surface area contributed by atoms with Gasteiger partial charge in [0.05, 0.1) is 16.6 Å². The largest absolute Gasteiger partial charge is 0.347 e. The highest BCUT2D eigenvalue weighted by Gasteiger charge is 2.18. The zero-order valence-corrected chi connectivity index (χ0v) is 16.4. The summed E-state index contributed by atoms with van der Waals surface area (Å²) >= 11 is 1.21. The number of nitrogens with zero attached hydrogens (tertiary/aromatic N) is 3. The van der Waals surface area contributed by atoms with Crippen LogP contribution in [0.5, 0.6) is 0 Å². The summed E-state index contributed by atoms with van der Waals surface area (Å²) in [6, 6.07) is 7.10. The van der Waals surface area contributed by atoms with E-state index in [1.165, 1.54) is 27.1 Å². The number of aromatic nitrogens is 2. The fraction of sp³-hybridized carbons (Fsp3) is 0.263. The molecule has 2 aromatic heterocycles. The normalized spacial score (nSPS) is 10.8. The van der Waals surface area contributed by atoms with Gasteiger partial charge in [0, 0.05) is 33.3 Å². The average Bonchev–Trinajstić information content (AvgIpc) is 3.00. The molecule has 3 aromatic rings. The molecule has 0 radical (unpaired) electrons. The van der Waals surface area contributed by atoms with Crippen LogP contribution in [0, 0.1) is 6.92 Å². The summed E-state index contributed by atoms with van der Waals surface area (Å²) < 4.78 is 1.40. The van der Waals surface area contributed by atoms with Crippen LogP contribution >= 0.6 is 11.3 Å². The number of carbonyl (C=O) groups excluding carboxylic acids is 2. The van der Waals surface area contributed by atoms with Crippen molar-refractivity contribution in [3.05, 3.63) is 62.5 Å². The predicted octanol–water partition coefficient (Wildman–Crippen LogP) is 1.94. The van der Waals surface area contributed by atoms with Crippen molar-refractivity contribution in [2.75, 3.05) is 14.1 Å². The number of hydrogen-bond acceptors (Lipinski definition) is 5. The SMILES string of the molecule is Cc1c(C(=O)NCc2ccc(C(=O)N(C)C)cc2)sc2ncn(C)c(=O)c12. The summed E-state index contributed by atoms with van der Waals surface area (Å²) in [5.74, 6) is -0.313. The molecule has 8 heteroatoms. The van der Waals surface area contributed by atoms with Crippen LogP contribution in [0.3, 0.4) is 0 Å². The number of hydrogen-bond donors (Lipinski definition) is 1. The maximum absolute atomic E-state index is 12.6. The third-order valence-electron chi connectivity index (χ3n) is 4.28. The fourth-order valence-corrected chi connectivity index (χ4v) is 3.77. The van der Waals surface area contributed by atoms with Gasteiger partial charge in [-0.3, -0.25) is 14.4 Å². The fourth-order valence-electron chi connectivity index (χ4n) is 2.71. The van der Waals surface area contributed by atoms with Gasteiger partial charge in [0.15, 0.2) is 0 Å². The van der Waals surface area contributed by atoms with Crippen LogP contribution in [0.1, 0.15) is 31.2 Å². The number of benzene rings is 1. The lowest BCUT2D eigenvalue weighted by Gasteiger charge is -2.10. The van der Waals surface area contributed by atoms with Crippen molar-refractivity contribution in [3.8, 4) is 0 Å². The Morgan fingerprint density at radius 1 is 1.22 bits per heavy atom. The van der Waals surface area contributed by atoms with Crippen molar-refractivity contribution >= 4 is 33.4 Å². The van der Waals surface area contributed by atoms with E-state index >= 15 is 0 Å². The Kier molecular flexibility index (Phi) is 5.09. The molecule has 0 unspecified atom stereocenters. The van der Waals surface area contributed by atoms with E-state index in [1.807, 2.05) is 12.1 Å². The second-order valence-corrected chi connectivity index (χ2v) is 7.48. The first kappa shape index (κ1) is 18.8. The third kappa shape index (κ3) is 3.61. The van der Waals surface area contributed by atoms with Gasteiger partial charge in [0.25, 0.3) is 17.4 Å². The molecular weight excluding hydrogens is 364 g/mol. The van der Waals surface area contributed by atoms with Gasteiger partial charge < -0.3 is 14.8 Å². The minimum absolute atomic E-state index is 0.0689. The van der Waals surface area contributed by atoms with E-state index in [0.717, 1.165) is 5.56 Å². The summed E-state index contributed by atoms with van der Waals surface area (Å²) in [6.07, 6.45) is 1.46. The first-order chi connectivity index (χ1) is 12.8. The Labute approximate surface area is 160 Å². The standard InChI is InChI=1S/C19H20N4O3S/c1-11-14-17(21-10-23(4)19(14)26)27-15(11)16(24)20-9-12-5-7-13(8-6-12)18(25)22(2)3/h5-8,10H,9H2,1-4H3,(H,20,24). The molecule has 0 bridgehead atoms. The summed E-state index contributed by atoms with van der Waals surface area (Å²) in [7, 11) is 5.04. The summed E-state index contributed by atoms with van der Waals surface area (Å²) in [5.41, 5.74) is 1.96. The van der Waals surface area contributed by atoms with Crippen LogP contribution < -0.4 is 10.9 Å². The monoisotopic (exact) mass is 384 g/mol. The van der Waals surface area contributed by atoms with Crippen LogP contribution in [0.2, 0.25) is 0 Å². The molecular formula is C19H20N4O3S. The number of amides is 2. The Morgan fingerprint density at radius 2 is 1.89 bits per heavy atom. The average molecular weight is 384 g/mol. The highest BCUT2D eigenvalue weighted by atomic mass is 32.1. The first-order valence-corrected chi connectivity index (χ1v) is 9.14. The van der Waals surface area contributed by atoms with Crippen molar-refractivity contribution in [3.63, 3.8) is 0 Å². The molecule has 3 rings (SSSR count). The molecule has 1 aromatic carbocycles. The van der Waals surface area contributed by atoms with Crippen LogP contribution in [0.25, 0.3) is 10.2 Å². The van der Waals surface area contributed by atoms with E-state index < -0.39 is 0 Å².